The molecule has 0 radical (unpaired) electrons. The van der Waals surface area contributed by atoms with E-state index in [1.54, 1.807) is 18.2 Å². The fourth-order valence-corrected chi connectivity index (χ4v) is 3.06. The van der Waals surface area contributed by atoms with Gasteiger partial charge in [0.25, 0.3) is 0 Å². The smallest absolute Gasteiger partial charge is 0.345 e. The minimum absolute atomic E-state index is 0.167. The van der Waals surface area contributed by atoms with E-state index in [-0.39, 0.29) is 18.0 Å². The van der Waals surface area contributed by atoms with E-state index in [4.69, 9.17) is 0 Å². The van der Waals surface area contributed by atoms with Crippen LogP contribution in [0.4, 0.5) is 18.9 Å². The van der Waals surface area contributed by atoms with Crippen molar-refractivity contribution in [3.63, 3.8) is 0 Å². The van der Waals surface area contributed by atoms with E-state index < -0.39 is 35.6 Å². The highest BCUT2D eigenvalue weighted by Crippen LogP contribution is 2.19. The summed E-state index contributed by atoms with van der Waals surface area (Å²) >= 11 is 0.819. The highest BCUT2D eigenvalue weighted by Gasteiger charge is 2.37. The van der Waals surface area contributed by atoms with Crippen molar-refractivity contribution in [1.82, 2.24) is 5.32 Å². The van der Waals surface area contributed by atoms with E-state index >= 15 is 0 Å². The number of rotatable bonds is 10. The predicted octanol–water partition coefficient (Wildman–Crippen LogP) is 2.98. The molecular weight excluding hydrogens is 397 g/mol. The molecule has 2 N–H and O–H groups in total. The fraction of sp³-hybridized carbons (Fsp3) is 0.444. The Morgan fingerprint density at radius 1 is 1.14 bits per heavy atom. The number of anilines is 1. The van der Waals surface area contributed by atoms with Crippen LogP contribution in [0, 0.1) is 0 Å². The van der Waals surface area contributed by atoms with Crippen LogP contribution < -0.4 is 10.6 Å². The second-order valence-electron chi connectivity index (χ2n) is 6.00. The van der Waals surface area contributed by atoms with Crippen LogP contribution in [0.2, 0.25) is 0 Å². The summed E-state index contributed by atoms with van der Waals surface area (Å²) in [5.41, 5.74) is 0.804. The van der Waals surface area contributed by atoms with Crippen molar-refractivity contribution >= 4 is 40.8 Å². The third-order valence-corrected chi connectivity index (χ3v) is 4.61. The number of ketones is 2. The Labute approximate surface area is 164 Å². The van der Waals surface area contributed by atoms with Gasteiger partial charge in [0.1, 0.15) is 6.04 Å². The summed E-state index contributed by atoms with van der Waals surface area (Å²) in [6.07, 6.45) is -4.34. The van der Waals surface area contributed by atoms with Crippen molar-refractivity contribution in [2.45, 2.75) is 38.9 Å². The van der Waals surface area contributed by atoms with Gasteiger partial charge in [-0.05, 0) is 37.7 Å². The van der Waals surface area contributed by atoms with Gasteiger partial charge in [-0.15, -0.1) is 0 Å². The largest absolute Gasteiger partial charge is 0.450 e. The molecule has 0 saturated carbocycles. The van der Waals surface area contributed by atoms with E-state index in [0.29, 0.717) is 17.7 Å². The number of alkyl halides is 3. The summed E-state index contributed by atoms with van der Waals surface area (Å²) in [4.78, 5) is 46.0. The van der Waals surface area contributed by atoms with Gasteiger partial charge in [-0.3, -0.25) is 19.2 Å². The number of halogens is 3. The molecule has 0 fully saturated rings. The first kappa shape index (κ1) is 23.7. The maximum atomic E-state index is 12.4. The number of hydrogen-bond donors (Lipinski definition) is 2. The van der Waals surface area contributed by atoms with Crippen LogP contribution in [0.25, 0.3) is 0 Å². The molecule has 0 aliphatic heterocycles. The van der Waals surface area contributed by atoms with Gasteiger partial charge >= 0.3 is 6.18 Å². The maximum Gasteiger partial charge on any atom is 0.450 e. The molecule has 0 aromatic heterocycles. The first-order valence-corrected chi connectivity index (χ1v) is 9.53. The lowest BCUT2D eigenvalue weighted by atomic mass is 10.1. The molecular formula is C18H21F3N2O4S. The molecule has 28 heavy (non-hydrogen) atoms. The van der Waals surface area contributed by atoms with Gasteiger partial charge in [0.15, 0.2) is 5.78 Å². The quantitative estimate of drug-likeness (QED) is 0.450. The van der Waals surface area contributed by atoms with Gasteiger partial charge < -0.3 is 10.6 Å². The SMILES string of the molecule is CC(=O)N[C@@H](CCCSCC(=O)C(F)(F)F)C(=O)Nc1cccc(C(C)=O)c1. The molecule has 10 heteroatoms. The molecule has 1 aromatic rings. The zero-order chi connectivity index (χ0) is 21.3. The highest BCUT2D eigenvalue weighted by atomic mass is 32.2. The van der Waals surface area contributed by atoms with Crippen molar-refractivity contribution in [3.05, 3.63) is 29.8 Å². The summed E-state index contributed by atoms with van der Waals surface area (Å²) in [6.45, 7) is 2.63. The number of nitrogens with one attached hydrogen (secondary N) is 2. The van der Waals surface area contributed by atoms with Gasteiger partial charge in [-0.25, -0.2) is 0 Å². The van der Waals surface area contributed by atoms with E-state index in [2.05, 4.69) is 10.6 Å². The van der Waals surface area contributed by atoms with Crippen LogP contribution in [-0.4, -0.2) is 47.1 Å². The molecule has 1 atom stereocenters. The first-order valence-electron chi connectivity index (χ1n) is 8.37. The zero-order valence-corrected chi connectivity index (χ0v) is 16.2. The number of Topliss-reactive ketones (excluding diaryl/α,β-unsaturated/α-hetero) is 2. The topological polar surface area (TPSA) is 92.3 Å². The van der Waals surface area contributed by atoms with E-state index in [1.807, 2.05) is 0 Å². The lowest BCUT2D eigenvalue weighted by Crippen LogP contribution is -2.43. The molecule has 0 saturated heterocycles. The van der Waals surface area contributed by atoms with Gasteiger partial charge in [0.05, 0.1) is 5.75 Å². The second kappa shape index (κ2) is 10.8. The Bertz CT molecular complexity index is 738. The summed E-state index contributed by atoms with van der Waals surface area (Å²) in [5, 5.41) is 5.09. The third-order valence-electron chi connectivity index (χ3n) is 3.56. The minimum Gasteiger partial charge on any atom is -0.345 e. The number of benzene rings is 1. The van der Waals surface area contributed by atoms with Crippen molar-refractivity contribution in [2.75, 3.05) is 16.8 Å². The highest BCUT2D eigenvalue weighted by molar-refractivity contribution is 7.99. The predicted molar refractivity (Wildman–Crippen MR) is 100 cm³/mol. The molecule has 1 rings (SSSR count). The summed E-state index contributed by atoms with van der Waals surface area (Å²) in [7, 11) is 0. The summed E-state index contributed by atoms with van der Waals surface area (Å²) in [6, 6.07) is 5.41. The van der Waals surface area contributed by atoms with Crippen LogP contribution >= 0.6 is 11.8 Å². The van der Waals surface area contributed by atoms with Crippen LogP contribution in [0.5, 0.6) is 0 Å². The van der Waals surface area contributed by atoms with Crippen molar-refractivity contribution in [2.24, 2.45) is 0 Å². The van der Waals surface area contributed by atoms with Gasteiger partial charge in [0.2, 0.25) is 17.6 Å². The molecule has 0 heterocycles. The average molecular weight is 418 g/mol. The van der Waals surface area contributed by atoms with Gasteiger partial charge in [0, 0.05) is 18.2 Å². The average Bonchev–Trinajstić information content (AvgIpc) is 2.59. The summed E-state index contributed by atoms with van der Waals surface area (Å²) < 4.78 is 36.4. The Morgan fingerprint density at radius 3 is 2.39 bits per heavy atom. The number of amides is 2. The normalized spacial score (nSPS) is 12.2. The number of hydrogen-bond acceptors (Lipinski definition) is 5. The number of carbonyl (C=O) groups excluding carboxylic acids is 4. The van der Waals surface area contributed by atoms with E-state index in [0.717, 1.165) is 11.8 Å². The van der Waals surface area contributed by atoms with Gasteiger partial charge in [-0.2, -0.15) is 24.9 Å². The molecule has 1 aromatic carbocycles. The molecule has 6 nitrogen and oxygen atoms in total. The fourth-order valence-electron chi connectivity index (χ4n) is 2.20. The second-order valence-corrected chi connectivity index (χ2v) is 7.10. The monoisotopic (exact) mass is 418 g/mol. The van der Waals surface area contributed by atoms with Crippen molar-refractivity contribution < 1.29 is 32.3 Å². The van der Waals surface area contributed by atoms with Crippen LogP contribution in [-0.2, 0) is 14.4 Å². The number of carbonyl (C=O) groups is 4. The molecule has 154 valence electrons. The number of thioether (sulfide) groups is 1. The maximum absolute atomic E-state index is 12.4. The Kier molecular flexibility index (Phi) is 9.17. The molecule has 0 aliphatic rings. The standard InChI is InChI=1S/C18H21F3N2O4S/c1-11(24)13-5-3-6-14(9-13)23-17(27)15(22-12(2)25)7-4-8-28-10-16(26)18(19,20)21/h3,5-6,9,15H,4,7-8,10H2,1-2H3,(H,22,25)(H,23,27)/t15-/m0/s1. The van der Waals surface area contributed by atoms with Crippen LogP contribution in [0.3, 0.4) is 0 Å². The molecule has 0 spiro atoms. The van der Waals surface area contributed by atoms with Crippen LogP contribution in [0.1, 0.15) is 37.0 Å². The van der Waals surface area contributed by atoms with Gasteiger partial charge in [-0.1, -0.05) is 12.1 Å². The molecule has 0 unspecified atom stereocenters. The molecule has 0 aliphatic carbocycles. The Balaban J connectivity index is 2.58. The lowest BCUT2D eigenvalue weighted by molar-refractivity contribution is -0.167. The first-order chi connectivity index (χ1) is 13.0. The molecule has 2 amide bonds. The van der Waals surface area contributed by atoms with Crippen molar-refractivity contribution in [3.8, 4) is 0 Å². The molecule has 0 bridgehead atoms. The summed E-state index contributed by atoms with van der Waals surface area (Å²) in [5.74, 6) is -3.37. The van der Waals surface area contributed by atoms with E-state index in [1.165, 1.54) is 19.9 Å². The zero-order valence-electron chi connectivity index (χ0n) is 15.4. The lowest BCUT2D eigenvalue weighted by Gasteiger charge is -2.18. The van der Waals surface area contributed by atoms with E-state index in [9.17, 15) is 32.3 Å². The minimum atomic E-state index is -4.85. The Hall–Kier alpha value is -2.36. The Morgan fingerprint density at radius 2 is 1.82 bits per heavy atom. The van der Waals surface area contributed by atoms with Crippen LogP contribution in [0.15, 0.2) is 24.3 Å². The third kappa shape index (κ3) is 8.55. The van der Waals surface area contributed by atoms with Crippen molar-refractivity contribution in [1.29, 1.82) is 0 Å².